The SMILES string of the molecule is c1ccc(-c2nc(-c3ccccc3)nc(-c3ccc(-c4cc(-c5ccccc5)c5c(c4)sc4ccccc45)c(-c4nc(-c5ccccc5)nc(-c5ccccc5)n4)c3)n2)cc1. The maximum absolute atomic E-state index is 5.26. The van der Waals surface area contributed by atoms with Crippen LogP contribution in [0.3, 0.4) is 0 Å². The Morgan fingerprint density at radius 2 is 0.639 bits per heavy atom. The monoisotopic (exact) mass is 798 g/mol. The largest absolute Gasteiger partial charge is 0.208 e. The molecule has 0 N–H and O–H groups in total. The lowest BCUT2D eigenvalue weighted by atomic mass is 9.91. The number of nitrogens with zero attached hydrogens (tertiary/aromatic N) is 6. The number of hydrogen-bond acceptors (Lipinski definition) is 7. The van der Waals surface area contributed by atoms with Gasteiger partial charge in [0.2, 0.25) is 0 Å². The van der Waals surface area contributed by atoms with Gasteiger partial charge in [0.15, 0.2) is 34.9 Å². The summed E-state index contributed by atoms with van der Waals surface area (Å²) in [4.78, 5) is 30.7. The van der Waals surface area contributed by atoms with Crippen molar-refractivity contribution in [2.24, 2.45) is 0 Å². The molecule has 0 radical (unpaired) electrons. The Bertz CT molecular complexity index is 3220. The molecule has 0 saturated carbocycles. The van der Waals surface area contributed by atoms with Gasteiger partial charge in [0.05, 0.1) is 0 Å². The number of rotatable bonds is 8. The van der Waals surface area contributed by atoms with E-state index >= 15 is 0 Å². The molecule has 3 aromatic heterocycles. The van der Waals surface area contributed by atoms with Crippen LogP contribution < -0.4 is 0 Å². The van der Waals surface area contributed by atoms with Crippen molar-refractivity contribution in [3.05, 3.63) is 206 Å². The number of aromatic nitrogens is 6. The Kier molecular flexibility index (Phi) is 9.26. The third kappa shape index (κ3) is 7.03. The Labute approximate surface area is 356 Å². The van der Waals surface area contributed by atoms with Crippen LogP contribution in [0.5, 0.6) is 0 Å². The van der Waals surface area contributed by atoms with E-state index in [-0.39, 0.29) is 0 Å². The molecule has 7 heteroatoms. The van der Waals surface area contributed by atoms with Gasteiger partial charge in [-0.25, -0.2) is 29.9 Å². The van der Waals surface area contributed by atoms with Gasteiger partial charge < -0.3 is 0 Å². The van der Waals surface area contributed by atoms with Crippen LogP contribution in [-0.4, -0.2) is 29.9 Å². The first-order valence-corrected chi connectivity index (χ1v) is 20.9. The van der Waals surface area contributed by atoms with Crippen LogP contribution in [0.4, 0.5) is 0 Å². The quantitative estimate of drug-likeness (QED) is 0.152. The highest BCUT2D eigenvalue weighted by Crippen LogP contribution is 2.45. The molecule has 0 bridgehead atoms. The van der Waals surface area contributed by atoms with Crippen LogP contribution >= 0.6 is 11.3 Å². The van der Waals surface area contributed by atoms with Gasteiger partial charge in [0.1, 0.15) is 0 Å². The molecule has 0 aliphatic heterocycles. The zero-order valence-electron chi connectivity index (χ0n) is 32.7. The molecule has 0 aliphatic rings. The average molecular weight is 799 g/mol. The van der Waals surface area contributed by atoms with E-state index in [9.17, 15) is 0 Å². The van der Waals surface area contributed by atoms with E-state index in [0.717, 1.165) is 50.1 Å². The second kappa shape index (κ2) is 15.6. The van der Waals surface area contributed by atoms with E-state index in [0.29, 0.717) is 34.9 Å². The normalized spacial score (nSPS) is 11.3. The fourth-order valence-electron chi connectivity index (χ4n) is 7.84. The Hall–Kier alpha value is -8.00. The summed E-state index contributed by atoms with van der Waals surface area (Å²) in [7, 11) is 0. The standard InChI is InChI=1S/C54H34N6S/c1-6-18-35(19-7-1)44-33-41(34-47-48(44)43-28-16-17-29-46(43)61-47)42-31-30-40(53-57-49(36-20-8-2-9-21-36)55-50(58-53)37-22-10-3-11-23-37)32-45(42)54-59-51(38-24-12-4-13-25-38)56-52(60-54)39-26-14-5-15-27-39/h1-34H. The van der Waals surface area contributed by atoms with Crippen LogP contribution in [-0.2, 0) is 0 Å². The molecule has 3 heterocycles. The molecule has 61 heavy (non-hydrogen) atoms. The Balaban J connectivity index is 1.19. The van der Waals surface area contributed by atoms with Crippen LogP contribution in [0.1, 0.15) is 0 Å². The first kappa shape index (κ1) is 36.1. The predicted octanol–water partition coefficient (Wildman–Crippen LogP) is 13.8. The second-order valence-electron chi connectivity index (χ2n) is 14.7. The topological polar surface area (TPSA) is 77.3 Å². The summed E-state index contributed by atoms with van der Waals surface area (Å²) in [5, 5.41) is 2.50. The molecular formula is C54H34N6S. The van der Waals surface area contributed by atoms with E-state index in [1.54, 1.807) is 0 Å². The van der Waals surface area contributed by atoms with Crippen LogP contribution in [0.15, 0.2) is 206 Å². The van der Waals surface area contributed by atoms with Crippen molar-refractivity contribution in [3.63, 3.8) is 0 Å². The summed E-state index contributed by atoms with van der Waals surface area (Å²) in [6.45, 7) is 0. The average Bonchev–Trinajstić information content (AvgIpc) is 3.73. The molecule has 11 rings (SSSR count). The first-order valence-electron chi connectivity index (χ1n) is 20.1. The lowest BCUT2D eigenvalue weighted by Gasteiger charge is -2.16. The summed E-state index contributed by atoms with van der Waals surface area (Å²) in [5.74, 6) is 3.45. The number of hydrogen-bond donors (Lipinski definition) is 0. The van der Waals surface area contributed by atoms with Crippen molar-refractivity contribution in [2.45, 2.75) is 0 Å². The third-order valence-electron chi connectivity index (χ3n) is 10.8. The van der Waals surface area contributed by atoms with Crippen molar-refractivity contribution < 1.29 is 0 Å². The van der Waals surface area contributed by atoms with Gasteiger partial charge in [-0.15, -0.1) is 11.3 Å². The number of fused-ring (bicyclic) bond motifs is 3. The van der Waals surface area contributed by atoms with Crippen LogP contribution in [0.25, 0.3) is 111 Å². The molecule has 0 atom stereocenters. The van der Waals surface area contributed by atoms with E-state index in [2.05, 4.69) is 84.9 Å². The van der Waals surface area contributed by atoms with Crippen molar-refractivity contribution >= 4 is 31.5 Å². The smallest absolute Gasteiger partial charge is 0.164 e. The van der Waals surface area contributed by atoms with Crippen molar-refractivity contribution in [3.8, 4) is 90.6 Å². The third-order valence-corrected chi connectivity index (χ3v) is 11.9. The molecule has 0 amide bonds. The van der Waals surface area contributed by atoms with Gasteiger partial charge in [-0.2, -0.15) is 0 Å². The summed E-state index contributed by atoms with van der Waals surface area (Å²) < 4.78 is 2.45. The van der Waals surface area contributed by atoms with Gasteiger partial charge in [-0.05, 0) is 46.5 Å². The van der Waals surface area contributed by atoms with Crippen LogP contribution in [0.2, 0.25) is 0 Å². The highest BCUT2D eigenvalue weighted by atomic mass is 32.1. The van der Waals surface area contributed by atoms with Gasteiger partial charge >= 0.3 is 0 Å². The van der Waals surface area contributed by atoms with E-state index in [1.807, 2.05) is 133 Å². The minimum absolute atomic E-state index is 0.544. The van der Waals surface area contributed by atoms with Crippen molar-refractivity contribution in [1.82, 2.24) is 29.9 Å². The lowest BCUT2D eigenvalue weighted by Crippen LogP contribution is -2.03. The summed E-state index contributed by atoms with van der Waals surface area (Å²) >= 11 is 1.81. The Morgan fingerprint density at radius 3 is 1.13 bits per heavy atom. The molecule has 11 aromatic rings. The number of benzene rings is 8. The molecule has 0 unspecified atom stereocenters. The first-order chi connectivity index (χ1) is 30.2. The maximum Gasteiger partial charge on any atom is 0.164 e. The summed E-state index contributed by atoms with van der Waals surface area (Å²) in [6, 6.07) is 70.6. The van der Waals surface area contributed by atoms with E-state index in [1.165, 1.54) is 25.7 Å². The molecule has 0 fully saturated rings. The van der Waals surface area contributed by atoms with Crippen molar-refractivity contribution in [1.29, 1.82) is 0 Å². The van der Waals surface area contributed by atoms with Crippen LogP contribution in [0, 0.1) is 0 Å². The zero-order chi connectivity index (χ0) is 40.5. The minimum atomic E-state index is 0.544. The fourth-order valence-corrected chi connectivity index (χ4v) is 9.01. The molecule has 0 spiro atoms. The van der Waals surface area contributed by atoms with Gasteiger partial charge in [-0.3, -0.25) is 0 Å². The summed E-state index contributed by atoms with van der Waals surface area (Å²) in [5.41, 5.74) is 9.60. The highest BCUT2D eigenvalue weighted by molar-refractivity contribution is 7.26. The van der Waals surface area contributed by atoms with E-state index < -0.39 is 0 Å². The molecular weight excluding hydrogens is 765 g/mol. The minimum Gasteiger partial charge on any atom is -0.208 e. The second-order valence-corrected chi connectivity index (χ2v) is 15.8. The molecule has 286 valence electrons. The van der Waals surface area contributed by atoms with Gasteiger partial charge in [-0.1, -0.05) is 182 Å². The highest BCUT2D eigenvalue weighted by Gasteiger charge is 2.21. The molecule has 8 aromatic carbocycles. The molecule has 0 saturated heterocycles. The lowest BCUT2D eigenvalue weighted by molar-refractivity contribution is 1.07. The predicted molar refractivity (Wildman–Crippen MR) is 250 cm³/mol. The number of thiophene rings is 1. The molecule has 6 nitrogen and oxygen atoms in total. The van der Waals surface area contributed by atoms with Gasteiger partial charge in [0.25, 0.3) is 0 Å². The Morgan fingerprint density at radius 1 is 0.246 bits per heavy atom. The van der Waals surface area contributed by atoms with E-state index in [4.69, 9.17) is 29.9 Å². The molecule has 0 aliphatic carbocycles. The fraction of sp³-hybridized carbons (Fsp3) is 0. The maximum atomic E-state index is 5.26. The van der Waals surface area contributed by atoms with Gasteiger partial charge in [0, 0.05) is 53.6 Å². The zero-order valence-corrected chi connectivity index (χ0v) is 33.5. The van der Waals surface area contributed by atoms with Crippen molar-refractivity contribution in [2.75, 3.05) is 0 Å². The summed E-state index contributed by atoms with van der Waals surface area (Å²) in [6.07, 6.45) is 0.